The largest absolute Gasteiger partial charge is 0.480 e. The minimum Gasteiger partial charge on any atom is -0.480 e. The van der Waals surface area contributed by atoms with Crippen LogP contribution in [-0.4, -0.2) is 42.6 Å². The Balaban J connectivity index is 2.15. The molecule has 0 aromatic heterocycles. The van der Waals surface area contributed by atoms with Gasteiger partial charge in [-0.3, -0.25) is 4.79 Å². The van der Waals surface area contributed by atoms with E-state index in [9.17, 15) is 13.2 Å². The standard InChI is InChI=1S/C14H16BrNO4S/c1-10-8-12(2-3-13(10)15)11-4-6-16(7-5-11)21(19,20)9-14(17)18/h2-4,8H,5-7,9H2,1H3,(H,17,18). The van der Waals surface area contributed by atoms with E-state index in [1.165, 1.54) is 4.31 Å². The Morgan fingerprint density at radius 1 is 1.43 bits per heavy atom. The van der Waals surface area contributed by atoms with Crippen molar-refractivity contribution in [2.75, 3.05) is 18.8 Å². The molecule has 0 saturated heterocycles. The molecule has 1 heterocycles. The molecule has 0 aliphatic carbocycles. The summed E-state index contributed by atoms with van der Waals surface area (Å²) in [4.78, 5) is 10.6. The molecular weight excluding hydrogens is 358 g/mol. The smallest absolute Gasteiger partial charge is 0.320 e. The molecule has 0 atom stereocenters. The number of nitrogens with zero attached hydrogens (tertiary/aromatic N) is 1. The lowest BCUT2D eigenvalue weighted by molar-refractivity contribution is -0.134. The van der Waals surface area contributed by atoms with E-state index in [0.29, 0.717) is 13.0 Å². The van der Waals surface area contributed by atoms with E-state index in [2.05, 4.69) is 22.0 Å². The summed E-state index contributed by atoms with van der Waals surface area (Å²) in [6.45, 7) is 2.54. The molecule has 0 radical (unpaired) electrons. The second kappa shape index (κ2) is 6.29. The number of benzene rings is 1. The maximum Gasteiger partial charge on any atom is 0.320 e. The van der Waals surface area contributed by atoms with Gasteiger partial charge in [0.15, 0.2) is 5.75 Å². The molecule has 21 heavy (non-hydrogen) atoms. The van der Waals surface area contributed by atoms with E-state index in [4.69, 9.17) is 5.11 Å². The van der Waals surface area contributed by atoms with Crippen molar-refractivity contribution >= 4 is 37.5 Å². The molecule has 7 heteroatoms. The molecule has 1 aromatic carbocycles. The normalized spacial score (nSPS) is 16.6. The Labute approximate surface area is 132 Å². The van der Waals surface area contributed by atoms with Crippen molar-refractivity contribution in [2.24, 2.45) is 0 Å². The number of aryl methyl sites for hydroxylation is 1. The molecule has 0 spiro atoms. The Kier molecular flexibility index (Phi) is 4.85. The van der Waals surface area contributed by atoms with Crippen LogP contribution in [-0.2, 0) is 14.8 Å². The zero-order valence-corrected chi connectivity index (χ0v) is 13.9. The average molecular weight is 374 g/mol. The number of aliphatic carboxylic acids is 1. The molecular formula is C14H16BrNO4S. The number of carboxylic acid groups (broad SMARTS) is 1. The fraction of sp³-hybridized carbons (Fsp3) is 0.357. The van der Waals surface area contributed by atoms with Crippen LogP contribution in [0.25, 0.3) is 5.57 Å². The Hall–Kier alpha value is -1.18. The van der Waals surface area contributed by atoms with E-state index in [-0.39, 0.29) is 6.54 Å². The van der Waals surface area contributed by atoms with Gasteiger partial charge >= 0.3 is 5.97 Å². The first-order valence-electron chi connectivity index (χ1n) is 6.45. The van der Waals surface area contributed by atoms with Crippen molar-refractivity contribution in [1.82, 2.24) is 4.31 Å². The van der Waals surface area contributed by atoms with Crippen LogP contribution in [0.4, 0.5) is 0 Å². The van der Waals surface area contributed by atoms with Crippen LogP contribution in [0.2, 0.25) is 0 Å². The van der Waals surface area contributed by atoms with Gasteiger partial charge in [-0.15, -0.1) is 0 Å². The van der Waals surface area contributed by atoms with Crippen molar-refractivity contribution in [3.8, 4) is 0 Å². The second-order valence-corrected chi connectivity index (χ2v) is 7.77. The van der Waals surface area contributed by atoms with Gasteiger partial charge in [0.25, 0.3) is 0 Å². The van der Waals surface area contributed by atoms with Crippen molar-refractivity contribution in [3.63, 3.8) is 0 Å². The van der Waals surface area contributed by atoms with Crippen molar-refractivity contribution < 1.29 is 18.3 Å². The summed E-state index contributed by atoms with van der Waals surface area (Å²) in [6.07, 6.45) is 2.44. The zero-order chi connectivity index (χ0) is 15.6. The topological polar surface area (TPSA) is 74.7 Å². The monoisotopic (exact) mass is 373 g/mol. The molecule has 0 saturated carbocycles. The first-order chi connectivity index (χ1) is 9.79. The minimum absolute atomic E-state index is 0.222. The first-order valence-corrected chi connectivity index (χ1v) is 8.85. The number of sulfonamides is 1. The zero-order valence-electron chi connectivity index (χ0n) is 11.5. The summed E-state index contributed by atoms with van der Waals surface area (Å²) in [5.74, 6) is -2.18. The summed E-state index contributed by atoms with van der Waals surface area (Å²) >= 11 is 3.45. The lowest BCUT2D eigenvalue weighted by Gasteiger charge is -2.25. The van der Waals surface area contributed by atoms with E-state index < -0.39 is 21.7 Å². The van der Waals surface area contributed by atoms with Gasteiger partial charge in [-0.05, 0) is 36.1 Å². The van der Waals surface area contributed by atoms with E-state index in [1.54, 1.807) is 0 Å². The molecule has 0 amide bonds. The highest BCUT2D eigenvalue weighted by molar-refractivity contribution is 9.10. The first kappa shape index (κ1) is 16.2. The highest BCUT2D eigenvalue weighted by Gasteiger charge is 2.26. The van der Waals surface area contributed by atoms with Crippen LogP contribution in [0, 0.1) is 6.92 Å². The van der Waals surface area contributed by atoms with Gasteiger partial charge < -0.3 is 5.11 Å². The van der Waals surface area contributed by atoms with Crippen LogP contribution in [0.5, 0.6) is 0 Å². The van der Waals surface area contributed by atoms with Crippen LogP contribution < -0.4 is 0 Å². The van der Waals surface area contributed by atoms with E-state index >= 15 is 0 Å². The van der Waals surface area contributed by atoms with Crippen LogP contribution in [0.3, 0.4) is 0 Å². The number of carbonyl (C=O) groups is 1. The quantitative estimate of drug-likeness (QED) is 0.878. The Morgan fingerprint density at radius 3 is 2.67 bits per heavy atom. The molecule has 1 aliphatic rings. The van der Waals surface area contributed by atoms with Crippen LogP contribution in [0.1, 0.15) is 17.5 Å². The molecule has 0 fully saturated rings. The predicted octanol–water partition coefficient (Wildman–Crippen LogP) is 2.26. The lowest BCUT2D eigenvalue weighted by Crippen LogP contribution is -2.38. The third-order valence-electron chi connectivity index (χ3n) is 3.40. The highest BCUT2D eigenvalue weighted by atomic mass is 79.9. The molecule has 0 bridgehead atoms. The van der Waals surface area contributed by atoms with Gasteiger partial charge in [-0.2, -0.15) is 4.31 Å². The third-order valence-corrected chi connectivity index (χ3v) is 6.02. The molecule has 1 aromatic rings. The third kappa shape index (κ3) is 3.93. The lowest BCUT2D eigenvalue weighted by atomic mass is 9.99. The number of halogens is 1. The van der Waals surface area contributed by atoms with Crippen LogP contribution >= 0.6 is 15.9 Å². The molecule has 1 aliphatic heterocycles. The van der Waals surface area contributed by atoms with Gasteiger partial charge in [0.1, 0.15) is 0 Å². The summed E-state index contributed by atoms with van der Waals surface area (Å²) in [5, 5.41) is 8.64. The predicted molar refractivity (Wildman–Crippen MR) is 84.5 cm³/mol. The molecule has 5 nitrogen and oxygen atoms in total. The van der Waals surface area contributed by atoms with Gasteiger partial charge in [0.2, 0.25) is 10.0 Å². The number of hydrogen-bond donors (Lipinski definition) is 1. The SMILES string of the molecule is Cc1cc(C2=CCN(S(=O)(=O)CC(=O)O)CC2)ccc1Br. The fourth-order valence-electron chi connectivity index (χ4n) is 2.26. The summed E-state index contributed by atoms with van der Waals surface area (Å²) in [6, 6.07) is 6.01. The maximum atomic E-state index is 11.8. The van der Waals surface area contributed by atoms with E-state index in [0.717, 1.165) is 21.2 Å². The Bertz CT molecular complexity index is 697. The summed E-state index contributed by atoms with van der Waals surface area (Å²) in [5.41, 5.74) is 3.28. The molecule has 0 unspecified atom stereocenters. The number of rotatable bonds is 4. The van der Waals surface area contributed by atoms with Crippen molar-refractivity contribution in [1.29, 1.82) is 0 Å². The van der Waals surface area contributed by atoms with Crippen molar-refractivity contribution in [3.05, 3.63) is 39.9 Å². The van der Waals surface area contributed by atoms with Gasteiger partial charge in [0.05, 0.1) is 0 Å². The summed E-state index contributed by atoms with van der Waals surface area (Å²) in [7, 11) is -3.72. The average Bonchev–Trinajstić information content (AvgIpc) is 2.41. The molecule has 114 valence electrons. The van der Waals surface area contributed by atoms with E-state index in [1.807, 2.05) is 25.1 Å². The van der Waals surface area contributed by atoms with Gasteiger partial charge in [0, 0.05) is 17.6 Å². The highest BCUT2D eigenvalue weighted by Crippen LogP contribution is 2.27. The number of carboxylic acids is 1. The van der Waals surface area contributed by atoms with Crippen molar-refractivity contribution in [2.45, 2.75) is 13.3 Å². The minimum atomic E-state index is -3.72. The van der Waals surface area contributed by atoms with Crippen LogP contribution in [0.15, 0.2) is 28.7 Å². The maximum absolute atomic E-state index is 11.8. The van der Waals surface area contributed by atoms with Gasteiger partial charge in [-0.1, -0.05) is 34.1 Å². The molecule has 2 rings (SSSR count). The Morgan fingerprint density at radius 2 is 2.14 bits per heavy atom. The number of hydrogen-bond acceptors (Lipinski definition) is 3. The summed E-state index contributed by atoms with van der Waals surface area (Å²) < 4.78 is 25.9. The molecule has 1 N–H and O–H groups in total. The fourth-order valence-corrected chi connectivity index (χ4v) is 3.67. The van der Waals surface area contributed by atoms with Gasteiger partial charge in [-0.25, -0.2) is 8.42 Å². The second-order valence-electron chi connectivity index (χ2n) is 4.95.